The third kappa shape index (κ3) is 3.52. The Bertz CT molecular complexity index is 577. The van der Waals surface area contributed by atoms with Gasteiger partial charge in [-0.15, -0.1) is 0 Å². The van der Waals surface area contributed by atoms with Crippen LogP contribution in [-0.4, -0.2) is 5.11 Å². The summed E-state index contributed by atoms with van der Waals surface area (Å²) in [7, 11) is 0. The molecule has 2 N–H and O–H groups in total. The monoisotopic (exact) mass is 437 g/mol. The lowest BCUT2D eigenvalue weighted by Crippen LogP contribution is -2.00. The Morgan fingerprint density at radius 3 is 2.72 bits per heavy atom. The first-order chi connectivity index (χ1) is 8.56. The number of benzene rings is 2. The van der Waals surface area contributed by atoms with E-state index in [1.807, 2.05) is 18.2 Å². The van der Waals surface area contributed by atoms with Gasteiger partial charge in [-0.05, 0) is 74.4 Å². The standard InChI is InChI=1S/C13H10BrClINO/c14-10-3-2-9(16)6-12(10)17-7-8-1-4-13(18)11(15)5-8/h1-6,17-18H,7H2. The normalized spacial score (nSPS) is 10.4. The van der Waals surface area contributed by atoms with Crippen LogP contribution in [0.3, 0.4) is 0 Å². The van der Waals surface area contributed by atoms with E-state index in [9.17, 15) is 5.11 Å². The van der Waals surface area contributed by atoms with Crippen molar-refractivity contribution in [1.29, 1.82) is 0 Å². The van der Waals surface area contributed by atoms with Crippen LogP contribution in [0.5, 0.6) is 5.75 Å². The molecule has 18 heavy (non-hydrogen) atoms. The fourth-order valence-electron chi connectivity index (χ4n) is 1.49. The number of hydrogen-bond donors (Lipinski definition) is 2. The molecule has 0 saturated carbocycles. The van der Waals surface area contributed by atoms with Gasteiger partial charge in [-0.2, -0.15) is 0 Å². The molecular weight excluding hydrogens is 428 g/mol. The maximum atomic E-state index is 9.35. The Morgan fingerprint density at radius 1 is 1.22 bits per heavy atom. The summed E-state index contributed by atoms with van der Waals surface area (Å²) in [5.74, 6) is 0.107. The minimum absolute atomic E-state index is 0.107. The van der Waals surface area contributed by atoms with Crippen LogP contribution in [-0.2, 0) is 6.54 Å². The van der Waals surface area contributed by atoms with Crippen molar-refractivity contribution in [2.45, 2.75) is 6.54 Å². The molecule has 0 unspecified atom stereocenters. The maximum absolute atomic E-state index is 9.35. The lowest BCUT2D eigenvalue weighted by Gasteiger charge is -2.10. The Balaban J connectivity index is 2.11. The molecule has 0 radical (unpaired) electrons. The Kier molecular flexibility index (Phi) is 4.75. The zero-order valence-corrected chi connectivity index (χ0v) is 13.8. The Morgan fingerprint density at radius 2 is 2.00 bits per heavy atom. The van der Waals surface area contributed by atoms with E-state index in [2.05, 4.69) is 49.9 Å². The number of halogens is 3. The minimum atomic E-state index is 0.107. The van der Waals surface area contributed by atoms with Gasteiger partial charge in [0.15, 0.2) is 0 Å². The van der Waals surface area contributed by atoms with Crippen molar-refractivity contribution in [2.24, 2.45) is 0 Å². The molecule has 0 aliphatic carbocycles. The smallest absolute Gasteiger partial charge is 0.134 e. The van der Waals surface area contributed by atoms with E-state index in [4.69, 9.17) is 11.6 Å². The summed E-state index contributed by atoms with van der Waals surface area (Å²) in [5, 5.41) is 13.0. The Hall–Kier alpha value is -0.460. The van der Waals surface area contributed by atoms with Crippen molar-refractivity contribution < 1.29 is 5.11 Å². The fourth-order valence-corrected chi connectivity index (χ4v) is 2.57. The quantitative estimate of drug-likeness (QED) is 0.660. The van der Waals surface area contributed by atoms with Gasteiger partial charge in [-0.25, -0.2) is 0 Å². The molecule has 5 heteroatoms. The highest BCUT2D eigenvalue weighted by Crippen LogP contribution is 2.27. The van der Waals surface area contributed by atoms with Gasteiger partial charge in [-0.3, -0.25) is 0 Å². The first-order valence-corrected chi connectivity index (χ1v) is 7.47. The zero-order valence-electron chi connectivity index (χ0n) is 9.25. The van der Waals surface area contributed by atoms with Crippen molar-refractivity contribution in [3.05, 3.63) is 55.0 Å². The molecule has 0 atom stereocenters. The molecule has 0 bridgehead atoms. The van der Waals surface area contributed by atoms with Gasteiger partial charge < -0.3 is 10.4 Å². The van der Waals surface area contributed by atoms with E-state index in [0.29, 0.717) is 11.6 Å². The lowest BCUT2D eigenvalue weighted by atomic mass is 10.2. The highest BCUT2D eigenvalue weighted by Gasteiger charge is 2.03. The molecule has 2 aromatic rings. The summed E-state index contributed by atoms with van der Waals surface area (Å²) < 4.78 is 2.19. The number of anilines is 1. The van der Waals surface area contributed by atoms with Gasteiger partial charge in [-0.1, -0.05) is 17.7 Å². The first kappa shape index (κ1) is 14.0. The second-order valence-electron chi connectivity index (χ2n) is 3.76. The molecule has 0 aliphatic heterocycles. The van der Waals surface area contributed by atoms with Gasteiger partial charge in [0.2, 0.25) is 0 Å². The Labute approximate surface area is 133 Å². The molecule has 94 valence electrons. The number of phenolic OH excluding ortho intramolecular Hbond substituents is 1. The van der Waals surface area contributed by atoms with Crippen LogP contribution in [0, 0.1) is 3.57 Å². The van der Waals surface area contributed by atoms with Crippen LogP contribution in [0.25, 0.3) is 0 Å². The van der Waals surface area contributed by atoms with E-state index in [-0.39, 0.29) is 5.75 Å². The van der Waals surface area contributed by atoms with Crippen LogP contribution in [0.15, 0.2) is 40.9 Å². The summed E-state index contributed by atoms with van der Waals surface area (Å²) in [6.07, 6.45) is 0. The molecule has 0 saturated heterocycles. The minimum Gasteiger partial charge on any atom is -0.506 e. The summed E-state index contributed by atoms with van der Waals surface area (Å²) in [6, 6.07) is 11.3. The topological polar surface area (TPSA) is 32.3 Å². The summed E-state index contributed by atoms with van der Waals surface area (Å²) >= 11 is 11.6. The molecule has 2 nitrogen and oxygen atoms in total. The largest absolute Gasteiger partial charge is 0.506 e. The predicted octanol–water partition coefficient (Wildman–Crippen LogP) is 5.02. The third-order valence-electron chi connectivity index (χ3n) is 2.42. The van der Waals surface area contributed by atoms with Gasteiger partial charge in [0.05, 0.1) is 5.02 Å². The molecule has 0 aliphatic rings. The highest BCUT2D eigenvalue weighted by molar-refractivity contribution is 14.1. The molecule has 0 fully saturated rings. The van der Waals surface area contributed by atoms with Crippen molar-refractivity contribution in [1.82, 2.24) is 0 Å². The van der Waals surface area contributed by atoms with Crippen molar-refractivity contribution in [3.63, 3.8) is 0 Å². The van der Waals surface area contributed by atoms with Crippen LogP contribution in [0.2, 0.25) is 5.02 Å². The molecular formula is C13H10BrClINO. The number of phenols is 1. The van der Waals surface area contributed by atoms with E-state index < -0.39 is 0 Å². The van der Waals surface area contributed by atoms with Crippen molar-refractivity contribution in [2.75, 3.05) is 5.32 Å². The van der Waals surface area contributed by atoms with E-state index in [0.717, 1.165) is 15.7 Å². The van der Waals surface area contributed by atoms with E-state index >= 15 is 0 Å². The molecule has 2 aromatic carbocycles. The molecule has 2 rings (SSSR count). The number of hydrogen-bond acceptors (Lipinski definition) is 2. The van der Waals surface area contributed by atoms with E-state index in [1.165, 1.54) is 3.57 Å². The first-order valence-electron chi connectivity index (χ1n) is 5.22. The van der Waals surface area contributed by atoms with E-state index in [1.54, 1.807) is 12.1 Å². The second kappa shape index (κ2) is 6.12. The van der Waals surface area contributed by atoms with Crippen molar-refractivity contribution in [3.8, 4) is 5.75 Å². The number of aromatic hydroxyl groups is 1. The second-order valence-corrected chi connectivity index (χ2v) is 6.27. The van der Waals surface area contributed by atoms with Crippen LogP contribution in [0.4, 0.5) is 5.69 Å². The maximum Gasteiger partial charge on any atom is 0.134 e. The third-order valence-corrected chi connectivity index (χ3v) is 4.09. The SMILES string of the molecule is Oc1ccc(CNc2cc(I)ccc2Br)cc1Cl. The van der Waals surface area contributed by atoms with Crippen LogP contribution in [0.1, 0.15) is 5.56 Å². The lowest BCUT2D eigenvalue weighted by molar-refractivity contribution is 0.475. The van der Waals surface area contributed by atoms with Crippen LogP contribution >= 0.6 is 50.1 Å². The summed E-state index contributed by atoms with van der Waals surface area (Å²) in [5.41, 5.74) is 2.05. The average Bonchev–Trinajstić information content (AvgIpc) is 2.34. The number of nitrogens with one attached hydrogen (secondary N) is 1. The zero-order chi connectivity index (χ0) is 13.1. The summed E-state index contributed by atoms with van der Waals surface area (Å²) in [4.78, 5) is 0. The van der Waals surface area contributed by atoms with Gasteiger partial charge in [0, 0.05) is 20.3 Å². The molecule has 0 amide bonds. The summed E-state index contributed by atoms with van der Waals surface area (Å²) in [6.45, 7) is 0.651. The van der Waals surface area contributed by atoms with Crippen molar-refractivity contribution >= 4 is 55.8 Å². The van der Waals surface area contributed by atoms with Gasteiger partial charge in [0.25, 0.3) is 0 Å². The van der Waals surface area contributed by atoms with Crippen LogP contribution < -0.4 is 5.32 Å². The highest BCUT2D eigenvalue weighted by atomic mass is 127. The van der Waals surface area contributed by atoms with Gasteiger partial charge >= 0.3 is 0 Å². The predicted molar refractivity (Wildman–Crippen MR) is 87.3 cm³/mol. The number of rotatable bonds is 3. The molecule has 0 aromatic heterocycles. The molecule has 0 heterocycles. The fraction of sp³-hybridized carbons (Fsp3) is 0.0769. The average molecular weight is 438 g/mol. The molecule has 0 spiro atoms. The van der Waals surface area contributed by atoms with Gasteiger partial charge in [0.1, 0.15) is 5.75 Å².